The molecule has 4 heteroatoms. The van der Waals surface area contributed by atoms with E-state index in [0.29, 0.717) is 0 Å². The van der Waals surface area contributed by atoms with Crippen LogP contribution in [-0.4, -0.2) is 42.9 Å². The van der Waals surface area contributed by atoms with Crippen LogP contribution in [-0.2, 0) is 4.74 Å². The molecule has 3 nitrogen and oxygen atoms in total. The van der Waals surface area contributed by atoms with E-state index in [0.717, 1.165) is 44.4 Å². The topological polar surface area (TPSA) is 24.5 Å². The summed E-state index contributed by atoms with van der Waals surface area (Å²) in [6.45, 7) is 10.5. The van der Waals surface area contributed by atoms with Crippen LogP contribution in [0.4, 0.5) is 0 Å². The molecule has 0 bridgehead atoms. The Morgan fingerprint density at radius 3 is 2.57 bits per heavy atom. The molecule has 0 amide bonds. The van der Waals surface area contributed by atoms with Crippen molar-refractivity contribution in [1.82, 2.24) is 10.2 Å². The molecule has 0 spiro atoms. The SMILES string of the molecule is CCCNC(=S)N(CC)CCOCC. The minimum Gasteiger partial charge on any atom is -0.380 e. The van der Waals surface area contributed by atoms with Gasteiger partial charge in [-0.15, -0.1) is 0 Å². The van der Waals surface area contributed by atoms with Crippen molar-refractivity contribution in [1.29, 1.82) is 0 Å². The van der Waals surface area contributed by atoms with Gasteiger partial charge in [0.2, 0.25) is 0 Å². The molecule has 0 heterocycles. The van der Waals surface area contributed by atoms with Crippen LogP contribution in [0.5, 0.6) is 0 Å². The molecule has 0 unspecified atom stereocenters. The third kappa shape index (κ3) is 6.16. The summed E-state index contributed by atoms with van der Waals surface area (Å²) < 4.78 is 5.29. The predicted octanol–water partition coefficient (Wildman–Crippen LogP) is 1.63. The van der Waals surface area contributed by atoms with Gasteiger partial charge in [-0.3, -0.25) is 0 Å². The van der Waals surface area contributed by atoms with Crippen molar-refractivity contribution in [2.45, 2.75) is 27.2 Å². The molecule has 0 aromatic rings. The first-order valence-corrected chi connectivity index (χ1v) is 5.77. The second-order valence-electron chi connectivity index (χ2n) is 3.01. The number of hydrogen-bond donors (Lipinski definition) is 1. The van der Waals surface area contributed by atoms with E-state index in [-0.39, 0.29) is 0 Å². The average molecular weight is 218 g/mol. The van der Waals surface area contributed by atoms with Gasteiger partial charge in [0.15, 0.2) is 5.11 Å². The minimum absolute atomic E-state index is 0.748. The maximum atomic E-state index is 5.29. The van der Waals surface area contributed by atoms with Crippen molar-refractivity contribution >= 4 is 17.3 Å². The number of nitrogens with zero attached hydrogens (tertiary/aromatic N) is 1. The minimum atomic E-state index is 0.748. The number of thiocarbonyl (C=S) groups is 1. The normalized spacial score (nSPS) is 9.93. The average Bonchev–Trinajstić information content (AvgIpc) is 2.21. The van der Waals surface area contributed by atoms with Gasteiger partial charge in [-0.25, -0.2) is 0 Å². The van der Waals surface area contributed by atoms with Gasteiger partial charge in [-0.1, -0.05) is 6.92 Å². The second-order valence-corrected chi connectivity index (χ2v) is 3.40. The van der Waals surface area contributed by atoms with Crippen LogP contribution >= 0.6 is 12.2 Å². The van der Waals surface area contributed by atoms with Gasteiger partial charge in [0, 0.05) is 26.2 Å². The Labute approximate surface area is 92.8 Å². The van der Waals surface area contributed by atoms with Crippen LogP contribution in [0.2, 0.25) is 0 Å². The van der Waals surface area contributed by atoms with Crippen molar-refractivity contribution in [3.05, 3.63) is 0 Å². The third-order valence-electron chi connectivity index (χ3n) is 1.90. The zero-order chi connectivity index (χ0) is 10.8. The van der Waals surface area contributed by atoms with Crippen molar-refractivity contribution in [2.75, 3.05) is 32.8 Å². The summed E-state index contributed by atoms with van der Waals surface area (Å²) >= 11 is 5.25. The van der Waals surface area contributed by atoms with Crippen molar-refractivity contribution in [3.8, 4) is 0 Å². The van der Waals surface area contributed by atoms with Crippen LogP contribution in [0, 0.1) is 0 Å². The molecule has 0 saturated heterocycles. The summed E-state index contributed by atoms with van der Waals surface area (Å²) in [6.07, 6.45) is 1.10. The molecule has 0 rings (SSSR count). The van der Waals surface area contributed by atoms with Gasteiger partial charge >= 0.3 is 0 Å². The van der Waals surface area contributed by atoms with Crippen molar-refractivity contribution in [3.63, 3.8) is 0 Å². The lowest BCUT2D eigenvalue weighted by Gasteiger charge is -2.23. The van der Waals surface area contributed by atoms with Crippen LogP contribution < -0.4 is 5.32 Å². The molecule has 14 heavy (non-hydrogen) atoms. The fourth-order valence-electron chi connectivity index (χ4n) is 1.07. The standard InChI is InChI=1S/C10H22N2OS/c1-4-7-11-10(14)12(5-2)8-9-13-6-3/h4-9H2,1-3H3,(H,11,14). The smallest absolute Gasteiger partial charge is 0.169 e. The highest BCUT2D eigenvalue weighted by atomic mass is 32.1. The number of rotatable bonds is 7. The summed E-state index contributed by atoms with van der Waals surface area (Å²) in [6, 6.07) is 0. The Morgan fingerprint density at radius 1 is 1.36 bits per heavy atom. The van der Waals surface area contributed by atoms with Gasteiger partial charge in [-0.05, 0) is 32.5 Å². The van der Waals surface area contributed by atoms with Gasteiger partial charge < -0.3 is 15.0 Å². The summed E-state index contributed by atoms with van der Waals surface area (Å²) in [5.74, 6) is 0. The fourth-order valence-corrected chi connectivity index (χ4v) is 1.39. The van der Waals surface area contributed by atoms with E-state index in [1.54, 1.807) is 0 Å². The first kappa shape index (κ1) is 13.7. The first-order chi connectivity index (χ1) is 6.76. The Hall–Kier alpha value is -0.350. The Balaban J connectivity index is 3.69. The molecule has 0 radical (unpaired) electrons. The first-order valence-electron chi connectivity index (χ1n) is 5.36. The molecule has 0 fully saturated rings. The van der Waals surface area contributed by atoms with E-state index in [2.05, 4.69) is 24.1 Å². The molecule has 0 atom stereocenters. The molecule has 0 aromatic carbocycles. The van der Waals surface area contributed by atoms with Crippen molar-refractivity contribution < 1.29 is 4.74 Å². The largest absolute Gasteiger partial charge is 0.380 e. The van der Waals surface area contributed by atoms with Gasteiger partial charge in [0.25, 0.3) is 0 Å². The zero-order valence-electron chi connectivity index (χ0n) is 9.51. The Morgan fingerprint density at radius 2 is 2.07 bits per heavy atom. The number of ether oxygens (including phenoxy) is 1. The van der Waals surface area contributed by atoms with Crippen LogP contribution in [0.3, 0.4) is 0 Å². The molecule has 0 aliphatic heterocycles. The predicted molar refractivity (Wildman–Crippen MR) is 64.6 cm³/mol. The zero-order valence-corrected chi connectivity index (χ0v) is 10.3. The quantitative estimate of drug-likeness (QED) is 0.518. The Kier molecular flexibility index (Phi) is 8.98. The molecular formula is C10H22N2OS. The molecular weight excluding hydrogens is 196 g/mol. The summed E-state index contributed by atoms with van der Waals surface area (Å²) in [7, 11) is 0. The van der Waals surface area contributed by atoms with E-state index < -0.39 is 0 Å². The lowest BCUT2D eigenvalue weighted by atomic mass is 10.5. The van der Waals surface area contributed by atoms with E-state index in [1.807, 2.05) is 6.92 Å². The van der Waals surface area contributed by atoms with Gasteiger partial charge in [-0.2, -0.15) is 0 Å². The van der Waals surface area contributed by atoms with Crippen molar-refractivity contribution in [2.24, 2.45) is 0 Å². The fraction of sp³-hybridized carbons (Fsp3) is 0.900. The molecule has 84 valence electrons. The molecule has 0 saturated carbocycles. The van der Waals surface area contributed by atoms with E-state index in [4.69, 9.17) is 17.0 Å². The van der Waals surface area contributed by atoms with E-state index in [1.165, 1.54) is 0 Å². The molecule has 0 aromatic heterocycles. The lowest BCUT2D eigenvalue weighted by molar-refractivity contribution is 0.133. The summed E-state index contributed by atoms with van der Waals surface area (Å²) in [5, 5.41) is 4.05. The molecule has 0 aliphatic carbocycles. The summed E-state index contributed by atoms with van der Waals surface area (Å²) in [5.41, 5.74) is 0. The maximum Gasteiger partial charge on any atom is 0.169 e. The van der Waals surface area contributed by atoms with E-state index >= 15 is 0 Å². The van der Waals surface area contributed by atoms with Crippen LogP contribution in [0.25, 0.3) is 0 Å². The Bertz CT molecular complexity index is 153. The highest BCUT2D eigenvalue weighted by molar-refractivity contribution is 7.80. The monoisotopic (exact) mass is 218 g/mol. The molecule has 0 aliphatic rings. The van der Waals surface area contributed by atoms with Gasteiger partial charge in [0.1, 0.15) is 0 Å². The number of likely N-dealkylation sites (N-methyl/N-ethyl adjacent to an activating group) is 1. The maximum absolute atomic E-state index is 5.29. The second kappa shape index (κ2) is 9.21. The van der Waals surface area contributed by atoms with Crippen LogP contribution in [0.1, 0.15) is 27.2 Å². The number of nitrogens with one attached hydrogen (secondary N) is 1. The van der Waals surface area contributed by atoms with Gasteiger partial charge in [0.05, 0.1) is 6.61 Å². The summed E-state index contributed by atoms with van der Waals surface area (Å²) in [4.78, 5) is 2.13. The highest BCUT2D eigenvalue weighted by Crippen LogP contribution is 1.90. The molecule has 1 N–H and O–H groups in total. The highest BCUT2D eigenvalue weighted by Gasteiger charge is 2.05. The van der Waals surface area contributed by atoms with Crippen LogP contribution in [0.15, 0.2) is 0 Å². The lowest BCUT2D eigenvalue weighted by Crippen LogP contribution is -2.41. The third-order valence-corrected chi connectivity index (χ3v) is 2.31. The number of hydrogen-bond acceptors (Lipinski definition) is 2. The van der Waals surface area contributed by atoms with E-state index in [9.17, 15) is 0 Å².